The van der Waals surface area contributed by atoms with Gasteiger partial charge in [-0.25, -0.2) is 0 Å². The quantitative estimate of drug-likeness (QED) is 0.697. The summed E-state index contributed by atoms with van der Waals surface area (Å²) >= 11 is 0. The Morgan fingerprint density at radius 3 is 2.35 bits per heavy atom. The van der Waals surface area contributed by atoms with E-state index < -0.39 is 29.1 Å². The Morgan fingerprint density at radius 1 is 1.09 bits per heavy atom. The largest absolute Gasteiger partial charge is 0.417 e. The number of hydrogen-bond donors (Lipinski definition) is 1. The normalized spacial score (nSPS) is 24.4. The molecule has 1 saturated carbocycles. The number of benzene rings is 1. The fraction of sp³-hybridized carbons (Fsp3) is 0.640. The maximum absolute atomic E-state index is 13.4. The first-order valence-corrected chi connectivity index (χ1v) is 12.1. The predicted octanol–water partition coefficient (Wildman–Crippen LogP) is 3.93. The van der Waals surface area contributed by atoms with Gasteiger partial charge in [0.1, 0.15) is 0 Å². The van der Waals surface area contributed by atoms with Crippen LogP contribution in [0, 0.1) is 35.0 Å². The van der Waals surface area contributed by atoms with Crippen LogP contribution in [0.1, 0.15) is 56.1 Å². The molecule has 9 heteroatoms. The van der Waals surface area contributed by atoms with E-state index in [1.54, 1.807) is 11.0 Å². The van der Waals surface area contributed by atoms with Gasteiger partial charge in [-0.15, -0.1) is 0 Å². The number of halogens is 3. The van der Waals surface area contributed by atoms with Crippen molar-refractivity contribution < 1.29 is 22.8 Å². The van der Waals surface area contributed by atoms with E-state index in [-0.39, 0.29) is 24.3 Å². The van der Waals surface area contributed by atoms with Gasteiger partial charge in [-0.1, -0.05) is 12.8 Å². The molecule has 2 saturated heterocycles. The maximum Gasteiger partial charge on any atom is 0.417 e. The number of carbonyl (C=O) groups is 2. The van der Waals surface area contributed by atoms with Crippen LogP contribution in [0.2, 0.25) is 0 Å². The molecule has 1 aromatic rings. The summed E-state index contributed by atoms with van der Waals surface area (Å²) < 4.78 is 40.3. The molecule has 0 spiro atoms. The third-order valence-electron chi connectivity index (χ3n) is 7.96. The number of amides is 2. The minimum atomic E-state index is -4.64. The van der Waals surface area contributed by atoms with Gasteiger partial charge in [0.15, 0.2) is 0 Å². The first-order chi connectivity index (χ1) is 16.2. The third kappa shape index (κ3) is 5.16. The number of piperidine rings is 1. The van der Waals surface area contributed by atoms with Crippen LogP contribution in [0.5, 0.6) is 0 Å². The van der Waals surface area contributed by atoms with Crippen molar-refractivity contribution in [1.82, 2.24) is 4.90 Å². The standard InChI is InChI=1S/C25H31F3N4O2/c26-25(27,28)22-12-19(6-5-18(22)13-29)32-14-20(21(15-32)24(30)34)17-7-9-31(10-8-17)23(33)11-16-3-1-2-4-16/h5-6,12,16-17,20-21H,1-4,7-11,14-15H2,(H2,30,34). The Kier molecular flexibility index (Phi) is 7.06. The Bertz CT molecular complexity index is 960. The number of primary amides is 1. The predicted molar refractivity (Wildman–Crippen MR) is 120 cm³/mol. The van der Waals surface area contributed by atoms with Gasteiger partial charge in [0.2, 0.25) is 11.8 Å². The van der Waals surface area contributed by atoms with Crippen LogP contribution in [0.3, 0.4) is 0 Å². The fourth-order valence-corrected chi connectivity index (χ4v) is 6.05. The molecule has 184 valence electrons. The van der Waals surface area contributed by atoms with Gasteiger partial charge < -0.3 is 15.5 Å². The Morgan fingerprint density at radius 2 is 1.76 bits per heavy atom. The highest BCUT2D eigenvalue weighted by Gasteiger charge is 2.43. The van der Waals surface area contributed by atoms with Gasteiger partial charge in [0.05, 0.1) is 23.1 Å². The molecule has 6 nitrogen and oxygen atoms in total. The maximum atomic E-state index is 13.4. The number of alkyl halides is 3. The summed E-state index contributed by atoms with van der Waals surface area (Å²) in [5.41, 5.74) is 4.64. The molecule has 0 bridgehead atoms. The van der Waals surface area contributed by atoms with Crippen LogP contribution in [0.15, 0.2) is 18.2 Å². The molecule has 0 aromatic heterocycles. The number of nitriles is 1. The molecule has 3 aliphatic rings. The lowest BCUT2D eigenvalue weighted by Crippen LogP contribution is -2.43. The zero-order chi connectivity index (χ0) is 24.5. The fourth-order valence-electron chi connectivity index (χ4n) is 6.05. The highest BCUT2D eigenvalue weighted by Crippen LogP contribution is 2.40. The van der Waals surface area contributed by atoms with E-state index in [0.717, 1.165) is 31.7 Å². The van der Waals surface area contributed by atoms with Gasteiger partial charge in [0, 0.05) is 38.3 Å². The van der Waals surface area contributed by atoms with Crippen LogP contribution in [-0.2, 0) is 15.8 Å². The van der Waals surface area contributed by atoms with Gasteiger partial charge in [-0.2, -0.15) is 18.4 Å². The topological polar surface area (TPSA) is 90.4 Å². The van der Waals surface area contributed by atoms with Crippen molar-refractivity contribution in [1.29, 1.82) is 5.26 Å². The summed E-state index contributed by atoms with van der Waals surface area (Å²) in [5, 5.41) is 9.05. The summed E-state index contributed by atoms with van der Waals surface area (Å²) in [6, 6.07) is 5.27. The van der Waals surface area contributed by atoms with E-state index >= 15 is 0 Å². The van der Waals surface area contributed by atoms with Gasteiger partial charge in [-0.05, 0) is 61.6 Å². The minimum absolute atomic E-state index is 0.0745. The summed E-state index contributed by atoms with van der Waals surface area (Å²) in [7, 11) is 0. The molecule has 34 heavy (non-hydrogen) atoms. The second-order valence-corrected chi connectivity index (χ2v) is 9.99. The number of nitrogens with zero attached hydrogens (tertiary/aromatic N) is 3. The van der Waals surface area contributed by atoms with Crippen molar-refractivity contribution in [2.24, 2.45) is 29.4 Å². The highest BCUT2D eigenvalue weighted by atomic mass is 19.4. The molecular formula is C25H31F3N4O2. The van der Waals surface area contributed by atoms with Crippen LogP contribution >= 0.6 is 0 Å². The van der Waals surface area contributed by atoms with Gasteiger partial charge in [0.25, 0.3) is 0 Å². The SMILES string of the molecule is N#Cc1ccc(N2CC(C(N)=O)C(C3CCN(C(=O)CC4CCCC4)CC3)C2)cc1C(F)(F)F. The van der Waals surface area contributed by atoms with E-state index in [0.29, 0.717) is 37.7 Å². The average molecular weight is 477 g/mol. The lowest BCUT2D eigenvalue weighted by atomic mass is 9.78. The minimum Gasteiger partial charge on any atom is -0.370 e. The smallest absolute Gasteiger partial charge is 0.370 e. The summed E-state index contributed by atoms with van der Waals surface area (Å²) in [6.07, 6.45) is 2.18. The number of carbonyl (C=O) groups excluding carboxylic acids is 2. The number of likely N-dealkylation sites (tertiary alicyclic amines) is 1. The summed E-state index contributed by atoms with van der Waals surface area (Å²) in [4.78, 5) is 28.6. The van der Waals surface area contributed by atoms with Crippen molar-refractivity contribution in [3.8, 4) is 6.07 Å². The molecule has 2 atom stereocenters. The van der Waals surface area contributed by atoms with E-state index in [2.05, 4.69) is 0 Å². The van der Waals surface area contributed by atoms with Crippen LogP contribution < -0.4 is 10.6 Å². The zero-order valence-corrected chi connectivity index (χ0v) is 19.2. The second kappa shape index (κ2) is 9.85. The Hall–Kier alpha value is -2.76. The second-order valence-electron chi connectivity index (χ2n) is 9.99. The molecule has 1 aromatic carbocycles. The van der Waals surface area contributed by atoms with Crippen LogP contribution in [0.4, 0.5) is 18.9 Å². The molecule has 2 amide bonds. The average Bonchev–Trinajstić information content (AvgIpc) is 3.48. The first-order valence-electron chi connectivity index (χ1n) is 12.1. The molecule has 2 unspecified atom stereocenters. The van der Waals surface area contributed by atoms with Gasteiger partial charge in [-0.3, -0.25) is 9.59 Å². The number of rotatable bonds is 5. The molecule has 2 N–H and O–H groups in total. The molecular weight excluding hydrogens is 445 g/mol. The van der Waals surface area contributed by atoms with E-state index in [1.165, 1.54) is 25.0 Å². The van der Waals surface area contributed by atoms with Crippen molar-refractivity contribution in [3.63, 3.8) is 0 Å². The zero-order valence-electron chi connectivity index (χ0n) is 19.2. The first kappa shape index (κ1) is 24.4. The molecule has 2 heterocycles. The van der Waals surface area contributed by atoms with Crippen molar-refractivity contribution in [2.75, 3.05) is 31.1 Å². The summed E-state index contributed by atoms with van der Waals surface area (Å²) in [5.74, 6) is -0.0929. The number of nitrogens with two attached hydrogens (primary N) is 1. The molecule has 1 aliphatic carbocycles. The number of hydrogen-bond acceptors (Lipinski definition) is 4. The van der Waals surface area contributed by atoms with E-state index in [4.69, 9.17) is 11.0 Å². The molecule has 4 rings (SSSR count). The van der Waals surface area contributed by atoms with Crippen LogP contribution in [0.25, 0.3) is 0 Å². The van der Waals surface area contributed by atoms with E-state index in [9.17, 15) is 22.8 Å². The summed E-state index contributed by atoms with van der Waals surface area (Å²) in [6.45, 7) is 1.97. The molecule has 0 radical (unpaired) electrons. The molecule has 3 fully saturated rings. The highest BCUT2D eigenvalue weighted by molar-refractivity contribution is 5.79. The Balaban J connectivity index is 1.43. The van der Waals surface area contributed by atoms with Crippen molar-refractivity contribution in [3.05, 3.63) is 29.3 Å². The lowest BCUT2D eigenvalue weighted by Gasteiger charge is -2.36. The monoisotopic (exact) mass is 476 g/mol. The number of anilines is 1. The van der Waals surface area contributed by atoms with Crippen LogP contribution in [-0.4, -0.2) is 42.9 Å². The Labute approximate surface area is 197 Å². The van der Waals surface area contributed by atoms with E-state index in [1.807, 2.05) is 4.90 Å². The van der Waals surface area contributed by atoms with Crippen molar-refractivity contribution in [2.45, 2.75) is 51.1 Å². The van der Waals surface area contributed by atoms with Gasteiger partial charge >= 0.3 is 6.18 Å². The molecule has 2 aliphatic heterocycles. The third-order valence-corrected chi connectivity index (χ3v) is 7.96. The van der Waals surface area contributed by atoms with Crippen molar-refractivity contribution >= 4 is 17.5 Å². The lowest BCUT2D eigenvalue weighted by molar-refractivity contribution is -0.137.